The molecule has 3 nitrogen and oxygen atoms in total. The first-order valence-corrected chi connectivity index (χ1v) is 6.22. The average Bonchev–Trinajstić information content (AvgIpc) is 2.00. The molecule has 0 radical (unpaired) electrons. The lowest BCUT2D eigenvalue weighted by Gasteiger charge is -2.06. The van der Waals surface area contributed by atoms with Crippen molar-refractivity contribution in [2.24, 2.45) is 5.16 Å². The predicted octanol–water partition coefficient (Wildman–Crippen LogP) is 2.72. The van der Waals surface area contributed by atoms with E-state index in [-0.39, 0.29) is 11.1 Å². The van der Waals surface area contributed by atoms with Crippen LogP contribution in [0.15, 0.2) is 5.16 Å². The van der Waals surface area contributed by atoms with Crippen molar-refractivity contribution < 1.29 is 9.19 Å². The molecule has 0 amide bonds. The van der Waals surface area contributed by atoms with E-state index in [4.69, 9.17) is 23.2 Å². The highest BCUT2D eigenvalue weighted by atomic mass is 35.5. The van der Waals surface area contributed by atoms with Crippen molar-refractivity contribution >= 4 is 35.7 Å². The summed E-state index contributed by atoms with van der Waals surface area (Å²) in [5.41, 5.74) is 0. The van der Waals surface area contributed by atoms with Crippen molar-refractivity contribution in [2.75, 3.05) is 18.7 Å². The van der Waals surface area contributed by atoms with Gasteiger partial charge in [0.25, 0.3) is 7.37 Å². The summed E-state index contributed by atoms with van der Waals surface area (Å²) in [6.07, 6.45) is 0.433. The highest BCUT2D eigenvalue weighted by Gasteiger charge is 2.12. The minimum Gasteiger partial charge on any atom is -0.339 e. The van der Waals surface area contributed by atoms with E-state index in [9.17, 15) is 4.57 Å². The zero-order valence-corrected chi connectivity index (χ0v) is 8.79. The zero-order valence-electron chi connectivity index (χ0n) is 6.38. The fraction of sp³-hybridized carbons (Fsp3) is 0.800. The third kappa shape index (κ3) is 5.54. The zero-order chi connectivity index (χ0) is 8.91. The molecule has 0 aromatic carbocycles. The van der Waals surface area contributed by atoms with Crippen LogP contribution in [0, 0.1) is 0 Å². The van der Waals surface area contributed by atoms with Gasteiger partial charge in [0.1, 0.15) is 0 Å². The molecule has 1 atom stereocenters. The molecule has 0 heterocycles. The molecule has 0 spiro atoms. The molecule has 0 aromatic rings. The van der Waals surface area contributed by atoms with Gasteiger partial charge in [-0.15, -0.1) is 11.6 Å². The first-order valence-electron chi connectivity index (χ1n) is 3.05. The molecule has 66 valence electrons. The Labute approximate surface area is 76.1 Å². The van der Waals surface area contributed by atoms with Gasteiger partial charge >= 0.3 is 0 Å². The lowest BCUT2D eigenvalue weighted by atomic mass is 10.9. The van der Waals surface area contributed by atoms with E-state index in [1.165, 1.54) is 6.66 Å². The Bertz CT molecular complexity index is 195. The van der Waals surface area contributed by atoms with Crippen LogP contribution < -0.4 is 0 Å². The summed E-state index contributed by atoms with van der Waals surface area (Å²) in [6.45, 7) is 3.25. The van der Waals surface area contributed by atoms with E-state index in [1.54, 1.807) is 6.92 Å². The van der Waals surface area contributed by atoms with Crippen LogP contribution in [0.2, 0.25) is 0 Å². The average molecular weight is 218 g/mol. The van der Waals surface area contributed by atoms with Gasteiger partial charge in [-0.3, -0.25) is 4.57 Å². The number of hydrogen-bond acceptors (Lipinski definition) is 3. The van der Waals surface area contributed by atoms with E-state index in [0.717, 1.165) is 0 Å². The number of halogens is 2. The fourth-order valence-corrected chi connectivity index (χ4v) is 0.731. The fourth-order valence-electron chi connectivity index (χ4n) is 0.213. The third-order valence-corrected chi connectivity index (χ3v) is 3.17. The monoisotopic (exact) mass is 217 g/mol. The second-order valence-corrected chi connectivity index (χ2v) is 5.54. The number of hydrogen-bond donors (Lipinski definition) is 0. The molecule has 0 aliphatic carbocycles. The summed E-state index contributed by atoms with van der Waals surface area (Å²) in [5.74, 6) is 0.0747. The molecule has 11 heavy (non-hydrogen) atoms. The molecule has 0 N–H and O–H groups in total. The van der Waals surface area contributed by atoms with Gasteiger partial charge in [0.15, 0.2) is 5.17 Å². The highest BCUT2D eigenvalue weighted by molar-refractivity contribution is 7.58. The summed E-state index contributed by atoms with van der Waals surface area (Å²) in [5, 5.41) is 3.49. The van der Waals surface area contributed by atoms with Crippen molar-refractivity contribution in [3.8, 4) is 0 Å². The maximum Gasteiger partial charge on any atom is 0.271 e. The summed E-state index contributed by atoms with van der Waals surface area (Å²) in [7, 11) is -2.57. The number of alkyl halides is 1. The van der Waals surface area contributed by atoms with Crippen molar-refractivity contribution in [2.45, 2.75) is 6.92 Å². The Kier molecular flexibility index (Phi) is 5.15. The van der Waals surface area contributed by atoms with Gasteiger partial charge < -0.3 is 4.62 Å². The highest BCUT2D eigenvalue weighted by Crippen LogP contribution is 2.41. The second kappa shape index (κ2) is 5.02. The minimum absolute atomic E-state index is 0.0747. The minimum atomic E-state index is -2.57. The smallest absolute Gasteiger partial charge is 0.271 e. The van der Waals surface area contributed by atoms with Gasteiger partial charge in [-0.1, -0.05) is 23.7 Å². The van der Waals surface area contributed by atoms with Gasteiger partial charge in [0.05, 0.1) is 5.88 Å². The number of nitrogens with zero attached hydrogens (tertiary/aromatic N) is 1. The number of rotatable bonds is 4. The van der Waals surface area contributed by atoms with Crippen molar-refractivity contribution in [3.05, 3.63) is 0 Å². The summed E-state index contributed by atoms with van der Waals surface area (Å²) in [4.78, 5) is 0. The van der Waals surface area contributed by atoms with Gasteiger partial charge in [0.2, 0.25) is 0 Å². The Balaban J connectivity index is 3.97. The Hall–Kier alpha value is 0.280. The molecule has 0 saturated heterocycles. The van der Waals surface area contributed by atoms with Crippen LogP contribution in [-0.4, -0.2) is 23.9 Å². The molecule has 1 unspecified atom stereocenters. The molecule has 0 aliphatic heterocycles. The molecule has 6 heteroatoms. The van der Waals surface area contributed by atoms with Gasteiger partial charge in [-0.2, -0.15) is 0 Å². The van der Waals surface area contributed by atoms with Crippen molar-refractivity contribution in [3.63, 3.8) is 0 Å². The molecular formula is C5H10Cl2NO2P. The van der Waals surface area contributed by atoms with Crippen molar-refractivity contribution in [1.82, 2.24) is 0 Å². The predicted molar refractivity (Wildman–Crippen MR) is 49.2 cm³/mol. The van der Waals surface area contributed by atoms with Crippen LogP contribution in [0.3, 0.4) is 0 Å². The summed E-state index contributed by atoms with van der Waals surface area (Å²) < 4.78 is 15.8. The van der Waals surface area contributed by atoms with E-state index < -0.39 is 7.37 Å². The van der Waals surface area contributed by atoms with Crippen LogP contribution >= 0.6 is 30.6 Å². The number of oxime groups is 1. The molecule has 0 bridgehead atoms. The quantitative estimate of drug-likeness (QED) is 0.315. The molecular weight excluding hydrogens is 208 g/mol. The van der Waals surface area contributed by atoms with Crippen LogP contribution in [0.25, 0.3) is 0 Å². The molecule has 0 fully saturated rings. The lowest BCUT2D eigenvalue weighted by Crippen LogP contribution is -1.91. The topological polar surface area (TPSA) is 38.7 Å². The van der Waals surface area contributed by atoms with E-state index in [0.29, 0.717) is 6.16 Å². The van der Waals surface area contributed by atoms with E-state index in [2.05, 4.69) is 9.78 Å². The SMILES string of the molecule is CCP(C)(=O)O/N=C(/Cl)CCl. The largest absolute Gasteiger partial charge is 0.339 e. The van der Waals surface area contributed by atoms with Crippen LogP contribution in [0.5, 0.6) is 0 Å². The molecule has 0 aromatic heterocycles. The lowest BCUT2D eigenvalue weighted by molar-refractivity contribution is 0.340. The van der Waals surface area contributed by atoms with Crippen molar-refractivity contribution in [1.29, 1.82) is 0 Å². The van der Waals surface area contributed by atoms with Crippen LogP contribution in [0.1, 0.15) is 6.92 Å². The molecule has 0 aliphatic rings. The standard InChI is InChI=1S/C5H10Cl2NO2P/c1-3-11(2,9)10-8-5(7)4-6/h3-4H2,1-2H3/b8-5+. The van der Waals surface area contributed by atoms with Gasteiger partial charge in [-0.05, 0) is 0 Å². The van der Waals surface area contributed by atoms with E-state index in [1.807, 2.05) is 0 Å². The van der Waals surface area contributed by atoms with Gasteiger partial charge in [-0.25, -0.2) is 0 Å². The van der Waals surface area contributed by atoms with Crippen LogP contribution in [-0.2, 0) is 9.19 Å². The Morgan fingerprint density at radius 3 is 2.64 bits per heavy atom. The normalized spacial score (nSPS) is 17.6. The second-order valence-electron chi connectivity index (χ2n) is 2.01. The first-order chi connectivity index (χ1) is 5.02. The van der Waals surface area contributed by atoms with Gasteiger partial charge in [0, 0.05) is 12.8 Å². The first kappa shape index (κ1) is 11.3. The summed E-state index contributed by atoms with van der Waals surface area (Å²) >= 11 is 10.7. The van der Waals surface area contributed by atoms with Crippen LogP contribution in [0.4, 0.5) is 0 Å². The maximum atomic E-state index is 11.2. The third-order valence-electron chi connectivity index (χ3n) is 0.997. The molecule has 0 rings (SSSR count). The Morgan fingerprint density at radius 2 is 2.27 bits per heavy atom. The van der Waals surface area contributed by atoms with E-state index >= 15 is 0 Å². The maximum absolute atomic E-state index is 11.2. The molecule has 0 saturated carbocycles. The summed E-state index contributed by atoms with van der Waals surface area (Å²) in [6, 6.07) is 0. The Morgan fingerprint density at radius 1 is 1.73 bits per heavy atom.